The number of aromatic nitrogens is 2. The van der Waals surface area contributed by atoms with Crippen LogP contribution in [0.2, 0.25) is 5.02 Å². The van der Waals surface area contributed by atoms with E-state index in [-0.39, 0.29) is 12.3 Å². The maximum absolute atomic E-state index is 12.4. The molecular formula is C30H32ClN3O2. The van der Waals surface area contributed by atoms with Crippen molar-refractivity contribution in [1.29, 1.82) is 0 Å². The summed E-state index contributed by atoms with van der Waals surface area (Å²) in [7, 11) is 0. The molecule has 186 valence electrons. The molecule has 0 aliphatic rings. The molecule has 36 heavy (non-hydrogen) atoms. The number of unbranched alkanes of at least 4 members (excludes halogenated alkanes) is 1. The first-order valence-electron chi connectivity index (χ1n) is 12.4. The zero-order chi connectivity index (χ0) is 25.2. The van der Waals surface area contributed by atoms with Crippen molar-refractivity contribution in [3.63, 3.8) is 0 Å². The summed E-state index contributed by atoms with van der Waals surface area (Å²) in [6.07, 6.45) is 5.53. The third kappa shape index (κ3) is 6.76. The summed E-state index contributed by atoms with van der Waals surface area (Å²) in [5.41, 5.74) is 4.09. The molecule has 0 bridgehead atoms. The number of hydrogen-bond acceptors (Lipinski definition) is 3. The smallest absolute Gasteiger partial charge is 0.224 e. The van der Waals surface area contributed by atoms with Gasteiger partial charge in [0.15, 0.2) is 0 Å². The minimum atomic E-state index is -0.0420. The molecule has 0 atom stereocenters. The van der Waals surface area contributed by atoms with Gasteiger partial charge in [0.2, 0.25) is 5.91 Å². The number of amides is 1. The van der Waals surface area contributed by atoms with Crippen LogP contribution < -0.4 is 10.1 Å². The quantitative estimate of drug-likeness (QED) is 0.176. The molecule has 5 nitrogen and oxygen atoms in total. The zero-order valence-corrected chi connectivity index (χ0v) is 21.2. The third-order valence-electron chi connectivity index (χ3n) is 6.08. The van der Waals surface area contributed by atoms with Crippen LogP contribution in [0.3, 0.4) is 0 Å². The number of para-hydroxylation sites is 3. The van der Waals surface area contributed by atoms with Crippen molar-refractivity contribution in [2.24, 2.45) is 0 Å². The summed E-state index contributed by atoms with van der Waals surface area (Å²) in [5, 5.41) is 3.62. The molecule has 1 heterocycles. The van der Waals surface area contributed by atoms with Crippen LogP contribution >= 0.6 is 11.6 Å². The zero-order valence-electron chi connectivity index (χ0n) is 20.5. The van der Waals surface area contributed by atoms with Gasteiger partial charge in [0.05, 0.1) is 24.1 Å². The number of benzene rings is 3. The second-order valence-electron chi connectivity index (χ2n) is 8.69. The van der Waals surface area contributed by atoms with E-state index in [1.165, 1.54) is 0 Å². The van der Waals surface area contributed by atoms with E-state index in [4.69, 9.17) is 21.3 Å². The van der Waals surface area contributed by atoms with E-state index in [0.29, 0.717) is 24.6 Å². The second kappa shape index (κ2) is 12.9. The first kappa shape index (κ1) is 25.5. The van der Waals surface area contributed by atoms with Crippen molar-refractivity contribution in [1.82, 2.24) is 14.9 Å². The van der Waals surface area contributed by atoms with E-state index in [2.05, 4.69) is 28.6 Å². The Kier molecular flexibility index (Phi) is 9.17. The van der Waals surface area contributed by atoms with Crippen molar-refractivity contribution in [2.75, 3.05) is 13.2 Å². The van der Waals surface area contributed by atoms with Crippen molar-refractivity contribution < 1.29 is 9.53 Å². The predicted octanol–water partition coefficient (Wildman–Crippen LogP) is 6.18. The van der Waals surface area contributed by atoms with Gasteiger partial charge >= 0.3 is 0 Å². The highest BCUT2D eigenvalue weighted by Gasteiger charge is 2.12. The Morgan fingerprint density at radius 2 is 1.75 bits per heavy atom. The molecule has 4 rings (SSSR count). The van der Waals surface area contributed by atoms with Gasteiger partial charge in [-0.05, 0) is 54.7 Å². The van der Waals surface area contributed by atoms with Gasteiger partial charge in [0, 0.05) is 24.5 Å². The van der Waals surface area contributed by atoms with Crippen LogP contribution in [0.25, 0.3) is 11.0 Å². The standard InChI is InChI=1S/C30H32ClN3O2/c1-2-11-23-12-4-8-17-28(23)36-21-10-9-20-34-27-16-7-6-15-26(27)33-29(34)18-19-32-30(35)22-24-13-3-5-14-25(24)31/h2-8,12-17H,1,9-11,18-22H2,(H,32,35). The molecule has 1 amide bonds. The monoisotopic (exact) mass is 501 g/mol. The van der Waals surface area contributed by atoms with Gasteiger partial charge in [-0.1, -0.05) is 66.2 Å². The number of fused-ring (bicyclic) bond motifs is 1. The first-order valence-corrected chi connectivity index (χ1v) is 12.8. The molecule has 4 aromatic rings. The summed E-state index contributed by atoms with van der Waals surface area (Å²) in [4.78, 5) is 17.3. The lowest BCUT2D eigenvalue weighted by atomic mass is 10.1. The van der Waals surface area contributed by atoms with Crippen LogP contribution in [-0.2, 0) is 30.6 Å². The first-order chi connectivity index (χ1) is 17.7. The van der Waals surface area contributed by atoms with E-state index >= 15 is 0 Å². The summed E-state index contributed by atoms with van der Waals surface area (Å²) in [6.45, 7) is 5.86. The Morgan fingerprint density at radius 3 is 2.58 bits per heavy atom. The number of aryl methyl sites for hydroxylation is 1. The lowest BCUT2D eigenvalue weighted by Gasteiger charge is -2.12. The molecule has 0 aliphatic carbocycles. The number of allylic oxidation sites excluding steroid dienone is 1. The highest BCUT2D eigenvalue weighted by Crippen LogP contribution is 2.20. The molecule has 0 unspecified atom stereocenters. The lowest BCUT2D eigenvalue weighted by Crippen LogP contribution is -2.28. The normalized spacial score (nSPS) is 10.9. The molecule has 0 spiro atoms. The van der Waals surface area contributed by atoms with Crippen LogP contribution in [0.1, 0.15) is 29.8 Å². The largest absolute Gasteiger partial charge is 0.493 e. The van der Waals surface area contributed by atoms with Crippen LogP contribution in [0.4, 0.5) is 0 Å². The predicted molar refractivity (Wildman–Crippen MR) is 147 cm³/mol. The molecule has 0 saturated heterocycles. The summed E-state index contributed by atoms with van der Waals surface area (Å²) in [5.74, 6) is 1.87. The number of nitrogens with zero attached hydrogens (tertiary/aromatic N) is 2. The van der Waals surface area contributed by atoms with Crippen molar-refractivity contribution >= 4 is 28.5 Å². The van der Waals surface area contributed by atoms with Crippen LogP contribution in [0.15, 0.2) is 85.5 Å². The Morgan fingerprint density at radius 1 is 1.00 bits per heavy atom. The van der Waals surface area contributed by atoms with Crippen LogP contribution in [0, 0.1) is 0 Å². The van der Waals surface area contributed by atoms with Crippen molar-refractivity contribution in [2.45, 2.75) is 38.6 Å². The lowest BCUT2D eigenvalue weighted by molar-refractivity contribution is -0.120. The maximum atomic E-state index is 12.4. The Hall–Kier alpha value is -3.57. The maximum Gasteiger partial charge on any atom is 0.224 e. The van der Waals surface area contributed by atoms with E-state index in [0.717, 1.165) is 59.5 Å². The van der Waals surface area contributed by atoms with E-state index in [1.54, 1.807) is 6.07 Å². The SMILES string of the molecule is C=CCc1ccccc1OCCCCn1c(CCNC(=O)Cc2ccccc2Cl)nc2ccccc21. The van der Waals surface area contributed by atoms with Crippen molar-refractivity contribution in [3.05, 3.63) is 107 Å². The van der Waals surface area contributed by atoms with Gasteiger partial charge < -0.3 is 14.6 Å². The van der Waals surface area contributed by atoms with Gasteiger partial charge in [0.1, 0.15) is 11.6 Å². The van der Waals surface area contributed by atoms with Crippen LogP contribution in [-0.4, -0.2) is 28.6 Å². The molecule has 0 saturated carbocycles. The van der Waals surface area contributed by atoms with E-state index in [1.807, 2.05) is 60.7 Å². The van der Waals surface area contributed by atoms with E-state index in [9.17, 15) is 4.79 Å². The molecule has 1 N–H and O–H groups in total. The minimum absolute atomic E-state index is 0.0420. The Balaban J connectivity index is 1.31. The van der Waals surface area contributed by atoms with Gasteiger partial charge in [-0.2, -0.15) is 0 Å². The number of hydrogen-bond donors (Lipinski definition) is 1. The number of rotatable bonds is 13. The van der Waals surface area contributed by atoms with Gasteiger partial charge in [0.25, 0.3) is 0 Å². The van der Waals surface area contributed by atoms with Gasteiger partial charge in [-0.3, -0.25) is 4.79 Å². The fourth-order valence-corrected chi connectivity index (χ4v) is 4.48. The number of nitrogens with one attached hydrogen (secondary N) is 1. The molecule has 1 aromatic heterocycles. The third-order valence-corrected chi connectivity index (χ3v) is 6.45. The summed E-state index contributed by atoms with van der Waals surface area (Å²) >= 11 is 6.19. The fraction of sp³-hybridized carbons (Fsp3) is 0.267. The van der Waals surface area contributed by atoms with Crippen molar-refractivity contribution in [3.8, 4) is 5.75 Å². The molecule has 0 fully saturated rings. The number of imidazole rings is 1. The van der Waals surface area contributed by atoms with Gasteiger partial charge in [-0.15, -0.1) is 6.58 Å². The molecule has 6 heteroatoms. The average molecular weight is 502 g/mol. The highest BCUT2D eigenvalue weighted by molar-refractivity contribution is 6.31. The highest BCUT2D eigenvalue weighted by atomic mass is 35.5. The molecule has 0 radical (unpaired) electrons. The van der Waals surface area contributed by atoms with Crippen LogP contribution in [0.5, 0.6) is 5.75 Å². The average Bonchev–Trinajstić information content (AvgIpc) is 3.23. The molecule has 3 aromatic carbocycles. The number of ether oxygens (including phenoxy) is 1. The summed E-state index contributed by atoms with van der Waals surface area (Å²) in [6, 6.07) is 23.7. The number of carbonyl (C=O) groups excluding carboxylic acids is 1. The van der Waals surface area contributed by atoms with E-state index < -0.39 is 0 Å². The topological polar surface area (TPSA) is 56.1 Å². The molecule has 0 aliphatic heterocycles. The fourth-order valence-electron chi connectivity index (χ4n) is 4.28. The molecular weight excluding hydrogens is 470 g/mol. The Labute approximate surface area is 217 Å². The Bertz CT molecular complexity index is 1310. The minimum Gasteiger partial charge on any atom is -0.493 e. The summed E-state index contributed by atoms with van der Waals surface area (Å²) < 4.78 is 8.31. The second-order valence-corrected chi connectivity index (χ2v) is 9.10. The number of carbonyl (C=O) groups is 1. The van der Waals surface area contributed by atoms with Gasteiger partial charge in [-0.25, -0.2) is 4.98 Å². The number of halogens is 1.